The molecule has 1 rings (SSSR count). The van der Waals surface area contributed by atoms with E-state index in [0.29, 0.717) is 4.88 Å². The number of hydrogen-bond acceptors (Lipinski definition) is 3. The number of carbonyl (C=O) groups is 2. The Kier molecular flexibility index (Phi) is 3.85. The predicted molar refractivity (Wildman–Crippen MR) is 60.0 cm³/mol. The molecule has 0 unspecified atom stereocenters. The van der Waals surface area contributed by atoms with Crippen molar-refractivity contribution < 1.29 is 9.59 Å². The molecule has 0 aliphatic carbocycles. The van der Waals surface area contributed by atoms with Crippen LogP contribution in [0, 0.1) is 6.92 Å². The highest BCUT2D eigenvalue weighted by molar-refractivity contribution is 7.14. The normalized spacial score (nSPS) is 10.0. The Bertz CT molecular complexity index is 385. The largest absolute Gasteiger partial charge is 0.368 e. The minimum absolute atomic E-state index is 0.114. The number of amides is 2. The lowest BCUT2D eigenvalue weighted by molar-refractivity contribution is -0.117. The van der Waals surface area contributed by atoms with Crippen LogP contribution >= 0.6 is 11.3 Å². The van der Waals surface area contributed by atoms with Crippen LogP contribution in [-0.4, -0.2) is 18.4 Å². The third kappa shape index (κ3) is 3.06. The number of hydrogen-bond donors (Lipinski definition) is 2. The summed E-state index contributed by atoms with van der Waals surface area (Å²) >= 11 is 1.43. The molecule has 1 heterocycles. The molecular formula is C10H14N2O2S. The molecule has 0 radical (unpaired) electrons. The fraction of sp³-hybridized carbons (Fsp3) is 0.400. The zero-order valence-electron chi connectivity index (χ0n) is 8.79. The van der Waals surface area contributed by atoms with Crippen LogP contribution in [0.1, 0.15) is 27.0 Å². The van der Waals surface area contributed by atoms with Crippen LogP contribution in [0.15, 0.2) is 6.07 Å². The summed E-state index contributed by atoms with van der Waals surface area (Å²) in [6.07, 6.45) is 0.908. The van der Waals surface area contributed by atoms with E-state index >= 15 is 0 Å². The minimum Gasteiger partial charge on any atom is -0.368 e. The topological polar surface area (TPSA) is 72.2 Å². The third-order valence-electron chi connectivity index (χ3n) is 2.05. The Labute approximate surface area is 92.5 Å². The second-order valence-electron chi connectivity index (χ2n) is 3.19. The number of aryl methyl sites for hydroxylation is 2. The van der Waals surface area contributed by atoms with Crippen LogP contribution in [0.3, 0.4) is 0 Å². The Hall–Kier alpha value is -1.36. The molecule has 5 heteroatoms. The first-order valence-corrected chi connectivity index (χ1v) is 5.52. The van der Waals surface area contributed by atoms with Crippen molar-refractivity contribution in [2.24, 2.45) is 5.73 Å². The molecule has 0 aromatic carbocycles. The highest BCUT2D eigenvalue weighted by Crippen LogP contribution is 2.21. The molecule has 4 nitrogen and oxygen atoms in total. The zero-order chi connectivity index (χ0) is 11.4. The molecule has 0 aliphatic heterocycles. The van der Waals surface area contributed by atoms with Crippen LogP contribution in [-0.2, 0) is 11.2 Å². The summed E-state index contributed by atoms with van der Waals surface area (Å²) < 4.78 is 0. The average Bonchev–Trinajstić information content (AvgIpc) is 2.56. The summed E-state index contributed by atoms with van der Waals surface area (Å²) in [4.78, 5) is 23.8. The van der Waals surface area contributed by atoms with Crippen LogP contribution in [0.2, 0.25) is 0 Å². The first-order chi connectivity index (χ1) is 7.04. The van der Waals surface area contributed by atoms with Crippen molar-refractivity contribution in [2.75, 3.05) is 6.54 Å². The van der Waals surface area contributed by atoms with Crippen LogP contribution in [0.5, 0.6) is 0 Å². The van der Waals surface area contributed by atoms with Gasteiger partial charge in [-0.15, -0.1) is 11.3 Å². The van der Waals surface area contributed by atoms with Gasteiger partial charge in [0.2, 0.25) is 5.91 Å². The van der Waals surface area contributed by atoms with Crippen LogP contribution in [0.4, 0.5) is 0 Å². The predicted octanol–water partition coefficient (Wildman–Crippen LogP) is 0.834. The van der Waals surface area contributed by atoms with Gasteiger partial charge in [-0.1, -0.05) is 6.92 Å². The van der Waals surface area contributed by atoms with Gasteiger partial charge in [0.1, 0.15) is 0 Å². The van der Waals surface area contributed by atoms with E-state index < -0.39 is 5.91 Å². The summed E-state index contributed by atoms with van der Waals surface area (Å²) in [6, 6.07) is 1.86. The molecule has 82 valence electrons. The molecule has 0 bridgehead atoms. The molecule has 0 saturated heterocycles. The van der Waals surface area contributed by atoms with Crippen molar-refractivity contribution >= 4 is 23.2 Å². The number of rotatable bonds is 4. The maximum atomic E-state index is 11.5. The Morgan fingerprint density at radius 3 is 2.67 bits per heavy atom. The van der Waals surface area contributed by atoms with Gasteiger partial charge >= 0.3 is 0 Å². The molecule has 0 atom stereocenters. The van der Waals surface area contributed by atoms with Gasteiger partial charge in [0, 0.05) is 4.88 Å². The Morgan fingerprint density at radius 2 is 2.20 bits per heavy atom. The van der Waals surface area contributed by atoms with Gasteiger partial charge < -0.3 is 11.1 Å². The zero-order valence-corrected chi connectivity index (χ0v) is 9.61. The standard InChI is InChI=1S/C10H14N2O2S/c1-3-7-4-8(15-6(7)2)10(14)12-5-9(11)13/h4H,3,5H2,1-2H3,(H2,11,13)(H,12,14). The van der Waals surface area contributed by atoms with E-state index in [1.54, 1.807) is 0 Å². The SMILES string of the molecule is CCc1cc(C(=O)NCC(N)=O)sc1C. The van der Waals surface area contributed by atoms with Gasteiger partial charge in [-0.05, 0) is 25.0 Å². The van der Waals surface area contributed by atoms with E-state index in [1.165, 1.54) is 16.9 Å². The first kappa shape index (κ1) is 11.7. The second-order valence-corrected chi connectivity index (χ2v) is 4.45. The Morgan fingerprint density at radius 1 is 1.53 bits per heavy atom. The summed E-state index contributed by atoms with van der Waals surface area (Å²) in [5, 5.41) is 2.46. The molecule has 15 heavy (non-hydrogen) atoms. The lowest BCUT2D eigenvalue weighted by Crippen LogP contribution is -2.32. The molecule has 0 saturated carbocycles. The lowest BCUT2D eigenvalue weighted by Gasteiger charge is -1.98. The van der Waals surface area contributed by atoms with Crippen molar-refractivity contribution in [3.8, 4) is 0 Å². The summed E-state index contributed by atoms with van der Waals surface area (Å²) in [6.45, 7) is 3.91. The summed E-state index contributed by atoms with van der Waals surface area (Å²) in [7, 11) is 0. The van der Waals surface area contributed by atoms with Gasteiger partial charge in [0.25, 0.3) is 5.91 Å². The van der Waals surface area contributed by atoms with Crippen LogP contribution < -0.4 is 11.1 Å². The average molecular weight is 226 g/mol. The smallest absolute Gasteiger partial charge is 0.261 e. The molecule has 2 amide bonds. The highest BCUT2D eigenvalue weighted by atomic mass is 32.1. The maximum absolute atomic E-state index is 11.5. The third-order valence-corrected chi connectivity index (χ3v) is 3.14. The number of nitrogens with one attached hydrogen (secondary N) is 1. The molecule has 0 spiro atoms. The number of primary amides is 1. The summed E-state index contributed by atoms with van der Waals surface area (Å²) in [5.74, 6) is -0.769. The van der Waals surface area contributed by atoms with Crippen molar-refractivity contribution in [1.82, 2.24) is 5.32 Å². The quantitative estimate of drug-likeness (QED) is 0.798. The highest BCUT2D eigenvalue weighted by Gasteiger charge is 2.11. The first-order valence-electron chi connectivity index (χ1n) is 4.70. The van der Waals surface area contributed by atoms with Gasteiger partial charge in [-0.25, -0.2) is 0 Å². The molecule has 1 aromatic rings. The summed E-state index contributed by atoms with van der Waals surface area (Å²) in [5.41, 5.74) is 6.10. The second kappa shape index (κ2) is 4.93. The van der Waals surface area contributed by atoms with Gasteiger partial charge in [-0.2, -0.15) is 0 Å². The van der Waals surface area contributed by atoms with Crippen molar-refractivity contribution in [2.45, 2.75) is 20.3 Å². The fourth-order valence-corrected chi connectivity index (χ4v) is 2.27. The van der Waals surface area contributed by atoms with E-state index in [9.17, 15) is 9.59 Å². The number of thiophene rings is 1. The molecule has 1 aromatic heterocycles. The number of nitrogens with two attached hydrogens (primary N) is 1. The van der Waals surface area contributed by atoms with Crippen LogP contribution in [0.25, 0.3) is 0 Å². The van der Waals surface area contributed by atoms with E-state index in [-0.39, 0.29) is 12.5 Å². The van der Waals surface area contributed by atoms with E-state index in [1.807, 2.05) is 19.9 Å². The fourth-order valence-electron chi connectivity index (χ4n) is 1.24. The van der Waals surface area contributed by atoms with E-state index in [0.717, 1.165) is 11.3 Å². The lowest BCUT2D eigenvalue weighted by atomic mass is 10.2. The maximum Gasteiger partial charge on any atom is 0.261 e. The van der Waals surface area contributed by atoms with Gasteiger partial charge in [-0.3, -0.25) is 9.59 Å². The molecule has 0 aliphatic rings. The van der Waals surface area contributed by atoms with Crippen molar-refractivity contribution in [3.05, 3.63) is 21.4 Å². The number of carbonyl (C=O) groups excluding carboxylic acids is 2. The van der Waals surface area contributed by atoms with E-state index in [2.05, 4.69) is 5.32 Å². The van der Waals surface area contributed by atoms with E-state index in [4.69, 9.17) is 5.73 Å². The van der Waals surface area contributed by atoms with Gasteiger partial charge in [0.05, 0.1) is 11.4 Å². The van der Waals surface area contributed by atoms with Crippen molar-refractivity contribution in [1.29, 1.82) is 0 Å². The molecule has 0 fully saturated rings. The molecule has 3 N–H and O–H groups in total. The van der Waals surface area contributed by atoms with Gasteiger partial charge in [0.15, 0.2) is 0 Å². The minimum atomic E-state index is -0.535. The van der Waals surface area contributed by atoms with Crippen molar-refractivity contribution in [3.63, 3.8) is 0 Å². The Balaban J connectivity index is 2.69. The molecular weight excluding hydrogens is 212 g/mol. The monoisotopic (exact) mass is 226 g/mol.